The van der Waals surface area contributed by atoms with E-state index in [1.54, 1.807) is 0 Å². The third-order valence-electron chi connectivity index (χ3n) is 3.24. The smallest absolute Gasteiger partial charge is 0.267 e. The number of aryl methyl sites for hydroxylation is 2. The summed E-state index contributed by atoms with van der Waals surface area (Å²) in [6.45, 7) is 3.91. The lowest BCUT2D eigenvalue weighted by Crippen LogP contribution is -2.15. The molecule has 0 heterocycles. The second-order valence-electron chi connectivity index (χ2n) is 5.09. The van der Waals surface area contributed by atoms with Crippen molar-refractivity contribution in [3.05, 3.63) is 68.9 Å². The lowest BCUT2D eigenvalue weighted by molar-refractivity contribution is -0.112. The SMILES string of the molecule is Cc1ccc(N/C=C(/C#N)C(=O)Nc2ccc(I)cc2C)cc1. The van der Waals surface area contributed by atoms with Crippen LogP contribution >= 0.6 is 22.6 Å². The van der Waals surface area contributed by atoms with Gasteiger partial charge in [-0.25, -0.2) is 0 Å². The minimum Gasteiger partial charge on any atom is -0.360 e. The quantitative estimate of drug-likeness (QED) is 0.441. The Balaban J connectivity index is 2.10. The average Bonchev–Trinajstić information content (AvgIpc) is 2.52. The molecule has 0 aliphatic carbocycles. The van der Waals surface area contributed by atoms with Gasteiger partial charge in [0.2, 0.25) is 0 Å². The fourth-order valence-corrected chi connectivity index (χ4v) is 2.56. The molecule has 0 aromatic heterocycles. The van der Waals surface area contributed by atoms with Crippen LogP contribution in [0.4, 0.5) is 11.4 Å². The standard InChI is InChI=1S/C18H16IN3O/c1-12-3-6-16(7-4-12)21-11-14(10-20)18(23)22-17-8-5-15(19)9-13(17)2/h3-9,11,21H,1-2H3,(H,22,23)/b14-11-. The molecule has 0 aliphatic rings. The molecule has 2 aromatic rings. The molecular formula is C18H16IN3O. The van der Waals surface area contributed by atoms with E-state index >= 15 is 0 Å². The van der Waals surface area contributed by atoms with Gasteiger partial charge in [0.05, 0.1) is 0 Å². The van der Waals surface area contributed by atoms with E-state index in [1.807, 2.05) is 62.4 Å². The van der Waals surface area contributed by atoms with Gasteiger partial charge in [-0.3, -0.25) is 4.79 Å². The van der Waals surface area contributed by atoms with Crippen LogP contribution in [-0.4, -0.2) is 5.91 Å². The molecule has 0 saturated heterocycles. The van der Waals surface area contributed by atoms with E-state index in [4.69, 9.17) is 0 Å². The molecule has 4 nitrogen and oxygen atoms in total. The summed E-state index contributed by atoms with van der Waals surface area (Å²) in [5.41, 5.74) is 3.64. The topological polar surface area (TPSA) is 64.9 Å². The highest BCUT2D eigenvalue weighted by Crippen LogP contribution is 2.18. The van der Waals surface area contributed by atoms with Crippen molar-refractivity contribution in [3.63, 3.8) is 0 Å². The Hall–Kier alpha value is -2.33. The van der Waals surface area contributed by atoms with Gasteiger partial charge in [0, 0.05) is 21.1 Å². The number of hydrogen-bond acceptors (Lipinski definition) is 3. The van der Waals surface area contributed by atoms with Gasteiger partial charge in [0.25, 0.3) is 5.91 Å². The van der Waals surface area contributed by atoms with E-state index in [0.717, 1.165) is 20.4 Å². The lowest BCUT2D eigenvalue weighted by Gasteiger charge is -2.08. The summed E-state index contributed by atoms with van der Waals surface area (Å²) in [5, 5.41) is 14.9. The van der Waals surface area contributed by atoms with E-state index in [9.17, 15) is 10.1 Å². The van der Waals surface area contributed by atoms with Gasteiger partial charge in [0.1, 0.15) is 11.6 Å². The maximum absolute atomic E-state index is 12.2. The molecule has 0 saturated carbocycles. The molecule has 116 valence electrons. The number of carbonyl (C=O) groups is 1. The third kappa shape index (κ3) is 4.83. The molecule has 0 bridgehead atoms. The van der Waals surface area contributed by atoms with Crippen LogP contribution in [0.1, 0.15) is 11.1 Å². The molecule has 0 radical (unpaired) electrons. The van der Waals surface area contributed by atoms with Crippen LogP contribution in [0, 0.1) is 28.7 Å². The van der Waals surface area contributed by atoms with Crippen molar-refractivity contribution in [1.82, 2.24) is 0 Å². The van der Waals surface area contributed by atoms with Crippen molar-refractivity contribution in [3.8, 4) is 6.07 Å². The summed E-state index contributed by atoms with van der Waals surface area (Å²) < 4.78 is 1.09. The Morgan fingerprint density at radius 1 is 1.17 bits per heavy atom. The zero-order valence-electron chi connectivity index (χ0n) is 12.9. The first kappa shape index (κ1) is 17.0. The van der Waals surface area contributed by atoms with Crippen molar-refractivity contribution in [1.29, 1.82) is 5.26 Å². The van der Waals surface area contributed by atoms with Crippen molar-refractivity contribution in [2.45, 2.75) is 13.8 Å². The summed E-state index contributed by atoms with van der Waals surface area (Å²) in [6, 6.07) is 15.3. The van der Waals surface area contributed by atoms with Crippen LogP contribution in [0.5, 0.6) is 0 Å². The van der Waals surface area contributed by atoms with Gasteiger partial charge in [-0.1, -0.05) is 17.7 Å². The van der Waals surface area contributed by atoms with Crippen LogP contribution in [0.15, 0.2) is 54.2 Å². The van der Waals surface area contributed by atoms with Crippen LogP contribution < -0.4 is 10.6 Å². The molecular weight excluding hydrogens is 401 g/mol. The summed E-state index contributed by atoms with van der Waals surface area (Å²) >= 11 is 2.21. The molecule has 5 heteroatoms. The number of hydrogen-bond donors (Lipinski definition) is 2. The average molecular weight is 417 g/mol. The minimum atomic E-state index is -0.434. The van der Waals surface area contributed by atoms with Crippen molar-refractivity contribution >= 4 is 39.9 Å². The number of anilines is 2. The molecule has 0 aliphatic heterocycles. The zero-order valence-corrected chi connectivity index (χ0v) is 15.0. The second kappa shape index (κ2) is 7.79. The largest absolute Gasteiger partial charge is 0.360 e. The van der Waals surface area contributed by atoms with E-state index in [2.05, 4.69) is 33.2 Å². The number of rotatable bonds is 4. The normalized spacial score (nSPS) is 10.8. The van der Waals surface area contributed by atoms with Gasteiger partial charge >= 0.3 is 0 Å². The Labute approximate surface area is 149 Å². The number of benzene rings is 2. The van der Waals surface area contributed by atoms with Crippen molar-refractivity contribution < 1.29 is 4.79 Å². The third-order valence-corrected chi connectivity index (χ3v) is 3.91. The predicted molar refractivity (Wildman–Crippen MR) is 101 cm³/mol. The first-order valence-corrected chi connectivity index (χ1v) is 8.08. The fourth-order valence-electron chi connectivity index (χ4n) is 1.91. The molecule has 0 unspecified atom stereocenters. The molecule has 0 spiro atoms. The van der Waals surface area contributed by atoms with Crippen LogP contribution in [-0.2, 0) is 4.79 Å². The van der Waals surface area contributed by atoms with Gasteiger partial charge in [-0.15, -0.1) is 0 Å². The molecule has 1 amide bonds. The number of carbonyl (C=O) groups excluding carboxylic acids is 1. The second-order valence-corrected chi connectivity index (χ2v) is 6.34. The summed E-state index contributed by atoms with van der Waals surface area (Å²) in [4.78, 5) is 12.2. The van der Waals surface area contributed by atoms with Crippen LogP contribution in [0.3, 0.4) is 0 Å². The maximum atomic E-state index is 12.2. The predicted octanol–water partition coefficient (Wildman–Crippen LogP) is 4.37. The zero-order chi connectivity index (χ0) is 16.8. The number of halogens is 1. The van der Waals surface area contributed by atoms with Gasteiger partial charge in [0.15, 0.2) is 0 Å². The molecule has 2 rings (SSSR count). The van der Waals surface area contributed by atoms with E-state index in [-0.39, 0.29) is 5.57 Å². The Morgan fingerprint density at radius 2 is 1.87 bits per heavy atom. The molecule has 2 aromatic carbocycles. The lowest BCUT2D eigenvalue weighted by atomic mass is 10.2. The van der Waals surface area contributed by atoms with Crippen molar-refractivity contribution in [2.24, 2.45) is 0 Å². The van der Waals surface area contributed by atoms with E-state index in [0.29, 0.717) is 5.69 Å². The number of amides is 1. The first-order valence-electron chi connectivity index (χ1n) is 7.00. The highest BCUT2D eigenvalue weighted by atomic mass is 127. The Kier molecular flexibility index (Phi) is 5.77. The monoisotopic (exact) mass is 417 g/mol. The molecule has 2 N–H and O–H groups in total. The Bertz CT molecular complexity index is 789. The Morgan fingerprint density at radius 3 is 2.48 bits per heavy atom. The van der Waals surface area contributed by atoms with E-state index in [1.165, 1.54) is 6.20 Å². The molecule has 0 atom stereocenters. The van der Waals surface area contributed by atoms with Gasteiger partial charge < -0.3 is 10.6 Å². The van der Waals surface area contributed by atoms with Gasteiger partial charge in [-0.2, -0.15) is 5.26 Å². The van der Waals surface area contributed by atoms with Crippen LogP contribution in [0.25, 0.3) is 0 Å². The van der Waals surface area contributed by atoms with Gasteiger partial charge in [-0.05, 0) is 72.3 Å². The van der Waals surface area contributed by atoms with Crippen LogP contribution in [0.2, 0.25) is 0 Å². The maximum Gasteiger partial charge on any atom is 0.267 e. The van der Waals surface area contributed by atoms with Crippen molar-refractivity contribution in [2.75, 3.05) is 10.6 Å². The summed E-state index contributed by atoms with van der Waals surface area (Å²) in [7, 11) is 0. The molecule has 0 fully saturated rings. The van der Waals surface area contributed by atoms with E-state index < -0.39 is 5.91 Å². The number of nitrogens with one attached hydrogen (secondary N) is 2. The minimum absolute atomic E-state index is 0.0172. The summed E-state index contributed by atoms with van der Waals surface area (Å²) in [6.07, 6.45) is 1.42. The molecule has 23 heavy (non-hydrogen) atoms. The number of nitriles is 1. The highest BCUT2D eigenvalue weighted by Gasteiger charge is 2.10. The number of nitrogens with zero attached hydrogens (tertiary/aromatic N) is 1. The first-order chi connectivity index (χ1) is 11.0. The summed E-state index contributed by atoms with van der Waals surface area (Å²) in [5.74, 6) is -0.434. The highest BCUT2D eigenvalue weighted by molar-refractivity contribution is 14.1. The fraction of sp³-hybridized carbons (Fsp3) is 0.111.